The molecule has 0 saturated heterocycles. The first-order valence-corrected chi connectivity index (χ1v) is 6.20. The molecular formula is C8H19O3P. The molecule has 4 heteroatoms. The Morgan fingerprint density at radius 1 is 1.25 bits per heavy atom. The Balaban J connectivity index is 3.72. The molecule has 1 unspecified atom stereocenters. The number of hydrogen-bond acceptors (Lipinski definition) is 3. The van der Waals surface area contributed by atoms with Crippen molar-refractivity contribution < 1.29 is 13.6 Å². The molecule has 74 valence electrons. The van der Waals surface area contributed by atoms with Gasteiger partial charge >= 0.3 is 7.60 Å². The minimum Gasteiger partial charge on any atom is -0.312 e. The number of unbranched alkanes of at least 4 members (excludes halogenated alkanes) is 1. The van der Waals surface area contributed by atoms with Crippen LogP contribution in [0, 0.1) is 0 Å². The van der Waals surface area contributed by atoms with Crippen LogP contribution in [0.5, 0.6) is 0 Å². The summed E-state index contributed by atoms with van der Waals surface area (Å²) in [6.45, 7) is 4.58. The van der Waals surface area contributed by atoms with Gasteiger partial charge in [0.1, 0.15) is 0 Å². The van der Waals surface area contributed by atoms with Gasteiger partial charge in [-0.25, -0.2) is 0 Å². The van der Waals surface area contributed by atoms with E-state index in [9.17, 15) is 4.57 Å². The van der Waals surface area contributed by atoms with Gasteiger partial charge in [-0.1, -0.05) is 20.3 Å². The first kappa shape index (κ1) is 12.2. The molecule has 0 aliphatic heterocycles. The molecule has 0 radical (unpaired) electrons. The third-order valence-corrected chi connectivity index (χ3v) is 3.69. The van der Waals surface area contributed by atoms with E-state index in [0.29, 0.717) is 12.8 Å². The van der Waals surface area contributed by atoms with E-state index in [1.165, 1.54) is 7.11 Å². The van der Waals surface area contributed by atoms with Gasteiger partial charge in [0, 0.05) is 13.3 Å². The van der Waals surface area contributed by atoms with Crippen molar-refractivity contribution in [1.82, 2.24) is 0 Å². The van der Waals surface area contributed by atoms with E-state index in [-0.39, 0.29) is 0 Å². The Morgan fingerprint density at radius 2 is 1.92 bits per heavy atom. The van der Waals surface area contributed by atoms with Crippen LogP contribution in [-0.2, 0) is 13.6 Å². The zero-order valence-corrected chi connectivity index (χ0v) is 9.10. The van der Waals surface area contributed by atoms with Crippen LogP contribution in [0.1, 0.15) is 33.1 Å². The molecule has 0 N–H and O–H groups in total. The zero-order valence-electron chi connectivity index (χ0n) is 8.21. The lowest BCUT2D eigenvalue weighted by molar-refractivity contribution is 0.230. The van der Waals surface area contributed by atoms with E-state index < -0.39 is 7.60 Å². The van der Waals surface area contributed by atoms with Gasteiger partial charge in [0.05, 0.1) is 6.61 Å². The number of hydrogen-bond donors (Lipinski definition) is 0. The van der Waals surface area contributed by atoms with Crippen LogP contribution in [0.2, 0.25) is 0 Å². The molecule has 0 aromatic heterocycles. The monoisotopic (exact) mass is 194 g/mol. The van der Waals surface area contributed by atoms with Crippen molar-refractivity contribution in [2.45, 2.75) is 33.1 Å². The second kappa shape index (κ2) is 6.64. The lowest BCUT2D eigenvalue weighted by Crippen LogP contribution is -1.98. The molecule has 12 heavy (non-hydrogen) atoms. The van der Waals surface area contributed by atoms with Crippen molar-refractivity contribution in [2.24, 2.45) is 0 Å². The maximum absolute atomic E-state index is 11.6. The maximum Gasteiger partial charge on any atom is 0.330 e. The fourth-order valence-electron chi connectivity index (χ4n) is 0.830. The first-order chi connectivity index (χ1) is 5.68. The predicted molar refractivity (Wildman–Crippen MR) is 50.6 cm³/mol. The van der Waals surface area contributed by atoms with Crippen LogP contribution in [-0.4, -0.2) is 19.9 Å². The average Bonchev–Trinajstić information content (AvgIpc) is 2.06. The molecule has 0 aliphatic carbocycles. The highest BCUT2D eigenvalue weighted by Gasteiger charge is 2.20. The Kier molecular flexibility index (Phi) is 6.73. The molecule has 1 atom stereocenters. The van der Waals surface area contributed by atoms with Crippen LogP contribution < -0.4 is 0 Å². The molecule has 0 bridgehead atoms. The summed E-state index contributed by atoms with van der Waals surface area (Å²) in [5.41, 5.74) is 0. The van der Waals surface area contributed by atoms with E-state index in [2.05, 4.69) is 6.92 Å². The van der Waals surface area contributed by atoms with E-state index >= 15 is 0 Å². The predicted octanol–water partition coefficient (Wildman–Crippen LogP) is 3.05. The smallest absolute Gasteiger partial charge is 0.312 e. The molecule has 0 fully saturated rings. The molecule has 0 aliphatic rings. The summed E-state index contributed by atoms with van der Waals surface area (Å²) in [6, 6.07) is 0. The van der Waals surface area contributed by atoms with Crippen LogP contribution in [0.3, 0.4) is 0 Å². The highest BCUT2D eigenvalue weighted by Crippen LogP contribution is 2.47. The normalized spacial score (nSPS) is 15.9. The van der Waals surface area contributed by atoms with Crippen LogP contribution in [0.4, 0.5) is 0 Å². The van der Waals surface area contributed by atoms with Crippen LogP contribution >= 0.6 is 7.60 Å². The van der Waals surface area contributed by atoms with Gasteiger partial charge in [-0.2, -0.15) is 0 Å². The van der Waals surface area contributed by atoms with Gasteiger partial charge < -0.3 is 9.05 Å². The van der Waals surface area contributed by atoms with Crippen LogP contribution in [0.25, 0.3) is 0 Å². The molecule has 0 rings (SSSR count). The topological polar surface area (TPSA) is 35.5 Å². The average molecular weight is 194 g/mol. The third-order valence-electron chi connectivity index (χ3n) is 1.56. The Bertz CT molecular complexity index is 147. The first-order valence-electron chi connectivity index (χ1n) is 4.48. The Hall–Kier alpha value is 0.150. The second-order valence-corrected chi connectivity index (χ2v) is 5.00. The molecule has 0 amide bonds. The minimum absolute atomic E-state index is 0.521. The molecular weight excluding hydrogens is 175 g/mol. The summed E-state index contributed by atoms with van der Waals surface area (Å²) in [4.78, 5) is 0. The minimum atomic E-state index is -2.73. The van der Waals surface area contributed by atoms with Gasteiger partial charge in [0.25, 0.3) is 0 Å². The van der Waals surface area contributed by atoms with Crippen molar-refractivity contribution >= 4 is 7.60 Å². The van der Waals surface area contributed by atoms with Crippen molar-refractivity contribution in [3.05, 3.63) is 0 Å². The van der Waals surface area contributed by atoms with Crippen molar-refractivity contribution in [2.75, 3.05) is 19.9 Å². The Labute approximate surface area is 75.0 Å². The van der Waals surface area contributed by atoms with Gasteiger partial charge in [0.2, 0.25) is 0 Å². The third kappa shape index (κ3) is 4.91. The van der Waals surface area contributed by atoms with Gasteiger partial charge in [-0.3, -0.25) is 4.57 Å². The van der Waals surface area contributed by atoms with E-state index in [1.54, 1.807) is 0 Å². The molecule has 0 heterocycles. The van der Waals surface area contributed by atoms with E-state index in [1.807, 2.05) is 6.92 Å². The number of rotatable bonds is 7. The van der Waals surface area contributed by atoms with Gasteiger partial charge in [-0.05, 0) is 12.8 Å². The summed E-state index contributed by atoms with van der Waals surface area (Å²) in [7, 11) is -1.28. The zero-order chi connectivity index (χ0) is 9.45. The van der Waals surface area contributed by atoms with E-state index in [0.717, 1.165) is 19.3 Å². The second-order valence-electron chi connectivity index (χ2n) is 2.70. The highest BCUT2D eigenvalue weighted by atomic mass is 31.2. The van der Waals surface area contributed by atoms with Crippen molar-refractivity contribution in [3.63, 3.8) is 0 Å². The van der Waals surface area contributed by atoms with Gasteiger partial charge in [0.15, 0.2) is 0 Å². The van der Waals surface area contributed by atoms with E-state index in [4.69, 9.17) is 9.05 Å². The molecule has 0 aromatic rings. The highest BCUT2D eigenvalue weighted by molar-refractivity contribution is 7.53. The summed E-state index contributed by atoms with van der Waals surface area (Å²) < 4.78 is 21.7. The summed E-state index contributed by atoms with van der Waals surface area (Å²) >= 11 is 0. The summed E-state index contributed by atoms with van der Waals surface area (Å²) in [5.74, 6) is 0. The molecule has 0 saturated carbocycles. The van der Waals surface area contributed by atoms with Gasteiger partial charge in [-0.15, -0.1) is 0 Å². The van der Waals surface area contributed by atoms with Crippen LogP contribution in [0.15, 0.2) is 0 Å². The summed E-state index contributed by atoms with van der Waals surface area (Å²) in [5, 5.41) is 0. The lowest BCUT2D eigenvalue weighted by atomic mass is 10.4. The molecule has 3 nitrogen and oxygen atoms in total. The molecule has 0 aromatic carbocycles. The quantitative estimate of drug-likeness (QED) is 0.461. The fourth-order valence-corrected chi connectivity index (χ4v) is 2.20. The van der Waals surface area contributed by atoms with Crippen molar-refractivity contribution in [3.8, 4) is 0 Å². The standard InChI is InChI=1S/C8H19O3P/c1-4-6-7-11-12(9,10-3)8-5-2/h4-8H2,1-3H3. The lowest BCUT2D eigenvalue weighted by Gasteiger charge is -2.14. The fraction of sp³-hybridized carbons (Fsp3) is 1.00. The largest absolute Gasteiger partial charge is 0.330 e. The molecule has 0 spiro atoms. The summed E-state index contributed by atoms with van der Waals surface area (Å²) in [6.07, 6.45) is 3.34. The Morgan fingerprint density at radius 3 is 2.33 bits per heavy atom. The SMILES string of the molecule is CCCCOP(=O)(CCC)OC. The maximum atomic E-state index is 11.6. The van der Waals surface area contributed by atoms with Crippen molar-refractivity contribution in [1.29, 1.82) is 0 Å².